The number of piperidine rings is 1. The monoisotopic (exact) mass is 717 g/mol. The van der Waals surface area contributed by atoms with E-state index in [-0.39, 0.29) is 47.1 Å². The molecule has 4 N–H and O–H groups in total. The van der Waals surface area contributed by atoms with Gasteiger partial charge < -0.3 is 26.2 Å². The Hall–Kier alpha value is -2.96. The van der Waals surface area contributed by atoms with Crippen LogP contribution in [-0.4, -0.2) is 91.1 Å². The largest absolute Gasteiger partial charge is 0.346 e. The first-order chi connectivity index (χ1) is 23.6. The lowest BCUT2D eigenvalue weighted by molar-refractivity contribution is -0.146. The minimum absolute atomic E-state index is 0.0130. The SMILES string of the molecule is C=CCNC(=O)C(=O)C(CC1CC1)NC(=O)[C@@H]1C2C(CN1C(=O)[C@@H](NC(=O)NC1(CS(=O)(=O)CC)CCCCC1)C1(C)CCCCC1)C2(C)C. The fraction of sp³-hybridized carbons (Fsp3) is 0.811. The van der Waals surface area contributed by atoms with Gasteiger partial charge in [0.25, 0.3) is 5.91 Å². The molecule has 5 rings (SSSR count). The summed E-state index contributed by atoms with van der Waals surface area (Å²) >= 11 is 0. The molecule has 0 aromatic heterocycles. The van der Waals surface area contributed by atoms with E-state index in [9.17, 15) is 32.4 Å². The fourth-order valence-corrected chi connectivity index (χ4v) is 10.6. The Kier molecular flexibility index (Phi) is 11.4. The molecule has 0 aromatic rings. The van der Waals surface area contributed by atoms with Crippen molar-refractivity contribution in [2.75, 3.05) is 24.6 Å². The Morgan fingerprint density at radius 1 is 0.920 bits per heavy atom. The van der Waals surface area contributed by atoms with Gasteiger partial charge in [-0.3, -0.25) is 19.2 Å². The van der Waals surface area contributed by atoms with Crippen molar-refractivity contribution in [2.24, 2.45) is 28.6 Å². The van der Waals surface area contributed by atoms with Crippen molar-refractivity contribution in [3.8, 4) is 0 Å². The van der Waals surface area contributed by atoms with Gasteiger partial charge in [0, 0.05) is 18.8 Å². The average Bonchev–Trinajstić information content (AvgIpc) is 3.93. The molecule has 0 spiro atoms. The molecule has 1 aliphatic heterocycles. The molecule has 4 aliphatic carbocycles. The second-order valence-electron chi connectivity index (χ2n) is 16.8. The topological polar surface area (TPSA) is 171 Å². The molecule has 5 amide bonds. The maximum absolute atomic E-state index is 14.8. The van der Waals surface area contributed by atoms with Crippen LogP contribution >= 0.6 is 0 Å². The second-order valence-corrected chi connectivity index (χ2v) is 19.1. The highest BCUT2D eigenvalue weighted by atomic mass is 32.2. The van der Waals surface area contributed by atoms with Crippen molar-refractivity contribution < 1.29 is 32.4 Å². The first-order valence-corrected chi connectivity index (χ1v) is 20.7. The number of nitrogens with zero attached hydrogens (tertiary/aromatic N) is 1. The summed E-state index contributed by atoms with van der Waals surface area (Å²) in [7, 11) is -3.39. The first kappa shape index (κ1) is 38.3. The van der Waals surface area contributed by atoms with Crippen LogP contribution < -0.4 is 21.3 Å². The summed E-state index contributed by atoms with van der Waals surface area (Å²) in [5, 5.41) is 11.5. The van der Waals surface area contributed by atoms with Crippen LogP contribution in [0, 0.1) is 28.6 Å². The maximum Gasteiger partial charge on any atom is 0.315 e. The van der Waals surface area contributed by atoms with Crippen molar-refractivity contribution >= 4 is 39.4 Å². The summed E-state index contributed by atoms with van der Waals surface area (Å²) in [5.41, 5.74) is -1.66. The second kappa shape index (κ2) is 14.9. The van der Waals surface area contributed by atoms with E-state index in [2.05, 4.69) is 41.7 Å². The van der Waals surface area contributed by atoms with E-state index < -0.39 is 62.5 Å². The van der Waals surface area contributed by atoms with Crippen LogP contribution in [0.25, 0.3) is 0 Å². The lowest BCUT2D eigenvalue weighted by Gasteiger charge is -2.44. The number of likely N-dealkylation sites (tertiary alicyclic amines) is 1. The number of carbonyl (C=O) groups excluding carboxylic acids is 5. The van der Waals surface area contributed by atoms with E-state index >= 15 is 0 Å². The molecule has 5 aliphatic rings. The highest BCUT2D eigenvalue weighted by Crippen LogP contribution is 2.65. The van der Waals surface area contributed by atoms with Gasteiger partial charge in [-0.05, 0) is 60.7 Å². The molecule has 5 atom stereocenters. The number of fused-ring (bicyclic) bond motifs is 1. The molecule has 4 saturated carbocycles. The summed E-state index contributed by atoms with van der Waals surface area (Å²) in [6, 6.07) is -3.35. The van der Waals surface area contributed by atoms with Gasteiger partial charge in [-0.15, -0.1) is 6.58 Å². The Morgan fingerprint density at radius 3 is 2.12 bits per heavy atom. The standard InChI is InChI=1S/C37H59N5O7S/c1-6-20-38-32(45)29(43)26(21-24-14-15-24)39-31(44)28-27-25(35(27,3)4)22-42(28)33(46)30(36(5)16-10-8-11-17-36)40-34(47)41-37(18-12-9-13-19-37)23-50(48,49)7-2/h6,24-28,30H,1,7-23H2,2-5H3,(H,38,45)(H,39,44)(H2,40,41,47)/t25?,26?,27?,28-,30+/m0/s1. The van der Waals surface area contributed by atoms with Gasteiger partial charge in [-0.1, -0.05) is 85.1 Å². The van der Waals surface area contributed by atoms with E-state index in [0.29, 0.717) is 25.8 Å². The minimum Gasteiger partial charge on any atom is -0.346 e. The highest BCUT2D eigenvalue weighted by Gasteiger charge is 2.70. The molecule has 50 heavy (non-hydrogen) atoms. The van der Waals surface area contributed by atoms with Gasteiger partial charge in [-0.2, -0.15) is 0 Å². The first-order valence-electron chi connectivity index (χ1n) is 18.9. The Balaban J connectivity index is 1.39. The number of amides is 5. The number of urea groups is 1. The van der Waals surface area contributed by atoms with E-state index in [4.69, 9.17) is 0 Å². The maximum atomic E-state index is 14.8. The van der Waals surface area contributed by atoms with Crippen LogP contribution in [0.3, 0.4) is 0 Å². The molecule has 0 aromatic carbocycles. The van der Waals surface area contributed by atoms with Crippen LogP contribution in [0.5, 0.6) is 0 Å². The van der Waals surface area contributed by atoms with E-state index in [1.807, 2.05) is 6.92 Å². The highest BCUT2D eigenvalue weighted by molar-refractivity contribution is 7.91. The molecule has 0 radical (unpaired) electrons. The normalized spacial score (nSPS) is 27.5. The van der Waals surface area contributed by atoms with E-state index in [0.717, 1.165) is 64.2 Å². The van der Waals surface area contributed by atoms with Gasteiger partial charge in [0.1, 0.15) is 12.1 Å². The van der Waals surface area contributed by atoms with Crippen LogP contribution in [0.4, 0.5) is 4.79 Å². The number of rotatable bonds is 15. The summed E-state index contributed by atoms with van der Waals surface area (Å²) < 4.78 is 25.6. The molecule has 5 fully saturated rings. The smallest absolute Gasteiger partial charge is 0.315 e. The molecule has 1 saturated heterocycles. The Morgan fingerprint density at radius 2 is 1.54 bits per heavy atom. The summed E-state index contributed by atoms with van der Waals surface area (Å²) in [6.45, 7) is 11.9. The van der Waals surface area contributed by atoms with Crippen LogP contribution in [-0.2, 0) is 29.0 Å². The van der Waals surface area contributed by atoms with Crippen molar-refractivity contribution in [3.63, 3.8) is 0 Å². The van der Waals surface area contributed by atoms with E-state index in [1.54, 1.807) is 11.8 Å². The van der Waals surface area contributed by atoms with Gasteiger partial charge in [-0.25, -0.2) is 13.2 Å². The van der Waals surface area contributed by atoms with Gasteiger partial charge in [0.15, 0.2) is 9.84 Å². The predicted molar refractivity (Wildman–Crippen MR) is 191 cm³/mol. The van der Waals surface area contributed by atoms with Crippen molar-refractivity contribution in [3.05, 3.63) is 12.7 Å². The number of sulfone groups is 1. The van der Waals surface area contributed by atoms with Gasteiger partial charge in [0.2, 0.25) is 17.6 Å². The molecule has 280 valence electrons. The summed E-state index contributed by atoms with van der Waals surface area (Å²) in [4.78, 5) is 70.5. The third kappa shape index (κ3) is 8.39. The number of carbonyl (C=O) groups is 5. The van der Waals surface area contributed by atoms with Crippen LogP contribution in [0.2, 0.25) is 0 Å². The van der Waals surface area contributed by atoms with Crippen molar-refractivity contribution in [1.29, 1.82) is 0 Å². The minimum atomic E-state index is -3.39. The van der Waals surface area contributed by atoms with Crippen molar-refractivity contribution in [1.82, 2.24) is 26.2 Å². The number of hydrogen-bond donors (Lipinski definition) is 4. The zero-order valence-electron chi connectivity index (χ0n) is 30.5. The third-order valence-corrected chi connectivity index (χ3v) is 14.5. The van der Waals surface area contributed by atoms with Crippen molar-refractivity contribution in [2.45, 2.75) is 135 Å². The Labute approximate surface area is 298 Å². The van der Waals surface area contributed by atoms with Crippen LogP contribution in [0.1, 0.15) is 111 Å². The number of hydrogen-bond acceptors (Lipinski definition) is 7. The van der Waals surface area contributed by atoms with Gasteiger partial charge in [0.05, 0.1) is 17.3 Å². The molecule has 12 nitrogen and oxygen atoms in total. The zero-order valence-corrected chi connectivity index (χ0v) is 31.3. The molecule has 0 bridgehead atoms. The summed E-state index contributed by atoms with van der Waals surface area (Å²) in [5.74, 6) is -2.22. The fourth-order valence-electron chi connectivity index (χ4n) is 9.21. The predicted octanol–water partition coefficient (Wildman–Crippen LogP) is 3.40. The lowest BCUT2D eigenvalue weighted by Crippen LogP contribution is -2.64. The molecule has 13 heteroatoms. The quantitative estimate of drug-likeness (QED) is 0.149. The average molecular weight is 718 g/mol. The number of nitrogens with one attached hydrogen (secondary N) is 4. The zero-order chi connectivity index (χ0) is 36.5. The van der Waals surface area contributed by atoms with E-state index in [1.165, 1.54) is 6.08 Å². The molecular weight excluding hydrogens is 659 g/mol. The van der Waals surface area contributed by atoms with Crippen LogP contribution in [0.15, 0.2) is 12.7 Å². The number of Topliss-reactive ketones (excluding diaryl/α,β-unsaturated/α-hetero) is 1. The Bertz CT molecular complexity index is 1450. The third-order valence-electron chi connectivity index (χ3n) is 12.6. The molecule has 3 unspecified atom stereocenters. The van der Waals surface area contributed by atoms with Gasteiger partial charge >= 0.3 is 6.03 Å². The molecule has 1 heterocycles. The summed E-state index contributed by atoms with van der Waals surface area (Å²) in [6.07, 6.45) is 11.7. The molecular formula is C37H59N5O7S. The lowest BCUT2D eigenvalue weighted by atomic mass is 9.70. The number of ketones is 1.